The molecule has 0 saturated heterocycles. The second-order valence-electron chi connectivity index (χ2n) is 4.60. The highest BCUT2D eigenvalue weighted by atomic mass is 14.9. The average Bonchev–Trinajstić information content (AvgIpc) is 2.47. The van der Waals surface area contributed by atoms with Gasteiger partial charge in [-0.05, 0) is 24.5 Å². The Morgan fingerprint density at radius 2 is 1.68 bits per heavy atom. The third-order valence-electron chi connectivity index (χ3n) is 3.10. The molecule has 0 radical (unpaired) electrons. The maximum Gasteiger partial charge on any atom is 0.131 e. The molecular formula is C17H20N2. The maximum absolute atomic E-state index is 6.07. The number of nitrogens with zero attached hydrogens (tertiary/aromatic N) is 1. The molecule has 0 unspecified atom stereocenters. The molecule has 0 aromatic heterocycles. The van der Waals surface area contributed by atoms with Crippen LogP contribution in [0.2, 0.25) is 0 Å². The van der Waals surface area contributed by atoms with Gasteiger partial charge in [-0.3, -0.25) is 0 Å². The Bertz CT molecular complexity index is 544. The van der Waals surface area contributed by atoms with Crippen LogP contribution in [-0.4, -0.2) is 5.84 Å². The summed E-state index contributed by atoms with van der Waals surface area (Å²) in [6.07, 6.45) is 3.42. The van der Waals surface area contributed by atoms with Crippen molar-refractivity contribution in [2.45, 2.75) is 26.2 Å². The molecule has 98 valence electrons. The number of rotatable bonds is 5. The van der Waals surface area contributed by atoms with Gasteiger partial charge < -0.3 is 5.73 Å². The number of hydrogen-bond acceptors (Lipinski definition) is 1. The van der Waals surface area contributed by atoms with E-state index in [1.807, 2.05) is 42.5 Å². The van der Waals surface area contributed by atoms with Crippen molar-refractivity contribution >= 4 is 11.5 Å². The highest BCUT2D eigenvalue weighted by Crippen LogP contribution is 2.21. The summed E-state index contributed by atoms with van der Waals surface area (Å²) in [4.78, 5) is 4.58. The van der Waals surface area contributed by atoms with Gasteiger partial charge >= 0.3 is 0 Å². The molecule has 19 heavy (non-hydrogen) atoms. The first-order valence-electron chi connectivity index (χ1n) is 6.78. The van der Waals surface area contributed by atoms with Crippen LogP contribution in [0.3, 0.4) is 0 Å². The lowest BCUT2D eigenvalue weighted by Crippen LogP contribution is -2.12. The van der Waals surface area contributed by atoms with Gasteiger partial charge in [0.1, 0.15) is 5.84 Å². The lowest BCUT2D eigenvalue weighted by molar-refractivity contribution is 0.795. The number of hydrogen-bond donors (Lipinski definition) is 1. The summed E-state index contributed by atoms with van der Waals surface area (Å²) >= 11 is 0. The van der Waals surface area contributed by atoms with E-state index in [9.17, 15) is 0 Å². The molecule has 2 nitrogen and oxygen atoms in total. The highest BCUT2D eigenvalue weighted by molar-refractivity contribution is 5.99. The maximum atomic E-state index is 6.07. The zero-order valence-electron chi connectivity index (χ0n) is 11.3. The highest BCUT2D eigenvalue weighted by Gasteiger charge is 2.02. The van der Waals surface area contributed by atoms with Gasteiger partial charge in [-0.15, -0.1) is 0 Å². The first-order valence-corrected chi connectivity index (χ1v) is 6.78. The van der Waals surface area contributed by atoms with Crippen molar-refractivity contribution in [1.29, 1.82) is 0 Å². The standard InChI is InChI=1S/C17H20N2/c1-2-3-9-14-10-7-8-13-16(14)19-17(18)15-11-5-4-6-12-15/h4-8,10-13H,2-3,9H2,1H3,(H2,18,19). The van der Waals surface area contributed by atoms with Crippen molar-refractivity contribution in [2.75, 3.05) is 0 Å². The second kappa shape index (κ2) is 6.74. The minimum Gasteiger partial charge on any atom is -0.383 e. The van der Waals surface area contributed by atoms with E-state index in [2.05, 4.69) is 24.0 Å². The second-order valence-corrected chi connectivity index (χ2v) is 4.60. The van der Waals surface area contributed by atoms with Crippen LogP contribution in [0.15, 0.2) is 59.6 Å². The van der Waals surface area contributed by atoms with Crippen molar-refractivity contribution in [3.8, 4) is 0 Å². The summed E-state index contributed by atoms with van der Waals surface area (Å²) in [6.45, 7) is 2.20. The fourth-order valence-electron chi connectivity index (χ4n) is 2.00. The average molecular weight is 252 g/mol. The van der Waals surface area contributed by atoms with E-state index in [4.69, 9.17) is 5.73 Å². The van der Waals surface area contributed by atoms with Crippen LogP contribution in [0.25, 0.3) is 0 Å². The smallest absolute Gasteiger partial charge is 0.131 e. The predicted molar refractivity (Wildman–Crippen MR) is 81.9 cm³/mol. The first kappa shape index (κ1) is 13.3. The summed E-state index contributed by atoms with van der Waals surface area (Å²) in [7, 11) is 0. The fraction of sp³-hybridized carbons (Fsp3) is 0.235. The van der Waals surface area contributed by atoms with Crippen molar-refractivity contribution in [3.63, 3.8) is 0 Å². The molecule has 0 heterocycles. The molecule has 0 aliphatic carbocycles. The van der Waals surface area contributed by atoms with Gasteiger partial charge in [0.25, 0.3) is 0 Å². The zero-order valence-corrected chi connectivity index (χ0v) is 11.3. The summed E-state index contributed by atoms with van der Waals surface area (Å²) in [5.74, 6) is 0.574. The Morgan fingerprint density at radius 1 is 1.00 bits per heavy atom. The molecule has 0 saturated carbocycles. The number of aryl methyl sites for hydroxylation is 1. The Kier molecular flexibility index (Phi) is 4.73. The Morgan fingerprint density at radius 3 is 2.42 bits per heavy atom. The molecule has 2 aromatic rings. The zero-order chi connectivity index (χ0) is 13.5. The molecule has 0 spiro atoms. The molecule has 0 aliphatic heterocycles. The van der Waals surface area contributed by atoms with Gasteiger partial charge in [-0.25, -0.2) is 4.99 Å². The summed E-state index contributed by atoms with van der Waals surface area (Å²) in [5, 5.41) is 0. The van der Waals surface area contributed by atoms with Crippen molar-refractivity contribution < 1.29 is 0 Å². The number of aliphatic imine (C=N–C) groups is 1. The number of nitrogens with two attached hydrogens (primary N) is 1. The number of para-hydroxylation sites is 1. The van der Waals surface area contributed by atoms with Crippen molar-refractivity contribution in [1.82, 2.24) is 0 Å². The van der Waals surface area contributed by atoms with E-state index in [1.165, 1.54) is 18.4 Å². The van der Waals surface area contributed by atoms with Crippen molar-refractivity contribution in [3.05, 3.63) is 65.7 Å². The molecule has 2 N–H and O–H groups in total. The Hall–Kier alpha value is -2.09. The topological polar surface area (TPSA) is 38.4 Å². The molecule has 2 rings (SSSR count). The van der Waals surface area contributed by atoms with Gasteiger partial charge in [0, 0.05) is 5.56 Å². The number of unbranched alkanes of at least 4 members (excludes halogenated alkanes) is 1. The number of amidine groups is 1. The number of benzene rings is 2. The van der Waals surface area contributed by atoms with E-state index < -0.39 is 0 Å². The normalized spacial score (nSPS) is 11.5. The van der Waals surface area contributed by atoms with Crippen LogP contribution in [-0.2, 0) is 6.42 Å². The molecular weight excluding hydrogens is 232 g/mol. The quantitative estimate of drug-likeness (QED) is 0.632. The lowest BCUT2D eigenvalue weighted by Gasteiger charge is -2.06. The van der Waals surface area contributed by atoms with Gasteiger partial charge in [-0.1, -0.05) is 61.9 Å². The Labute approximate surface area is 115 Å². The molecule has 0 aliphatic rings. The van der Waals surface area contributed by atoms with Crippen molar-refractivity contribution in [2.24, 2.45) is 10.7 Å². The summed E-state index contributed by atoms with van der Waals surface area (Å²) < 4.78 is 0. The first-order chi connectivity index (χ1) is 9.31. The minimum atomic E-state index is 0.574. The molecule has 2 heteroatoms. The van der Waals surface area contributed by atoms with E-state index in [0.29, 0.717) is 5.84 Å². The summed E-state index contributed by atoms with van der Waals surface area (Å²) in [6, 6.07) is 18.1. The van der Waals surface area contributed by atoms with Gasteiger partial charge in [0.15, 0.2) is 0 Å². The molecule has 0 fully saturated rings. The van der Waals surface area contributed by atoms with Gasteiger partial charge in [0.2, 0.25) is 0 Å². The lowest BCUT2D eigenvalue weighted by atomic mass is 10.1. The molecule has 0 atom stereocenters. The van der Waals surface area contributed by atoms with E-state index >= 15 is 0 Å². The van der Waals surface area contributed by atoms with E-state index in [1.54, 1.807) is 0 Å². The largest absolute Gasteiger partial charge is 0.383 e. The van der Waals surface area contributed by atoms with Gasteiger partial charge in [-0.2, -0.15) is 0 Å². The third-order valence-corrected chi connectivity index (χ3v) is 3.10. The molecule has 0 bridgehead atoms. The predicted octanol–water partition coefficient (Wildman–Crippen LogP) is 4.07. The SMILES string of the molecule is CCCCc1ccccc1N=C(N)c1ccccc1. The summed E-state index contributed by atoms with van der Waals surface area (Å²) in [5.41, 5.74) is 9.29. The Balaban J connectivity index is 2.27. The van der Waals surface area contributed by atoms with Crippen LogP contribution in [0, 0.1) is 0 Å². The van der Waals surface area contributed by atoms with Crippen LogP contribution >= 0.6 is 0 Å². The molecule has 0 amide bonds. The third kappa shape index (κ3) is 3.68. The van der Waals surface area contributed by atoms with Crippen LogP contribution in [0.1, 0.15) is 30.9 Å². The molecule has 2 aromatic carbocycles. The van der Waals surface area contributed by atoms with E-state index in [0.717, 1.165) is 17.7 Å². The fourth-order valence-corrected chi connectivity index (χ4v) is 2.00. The van der Waals surface area contributed by atoms with Crippen LogP contribution in [0.5, 0.6) is 0 Å². The minimum absolute atomic E-state index is 0.574. The van der Waals surface area contributed by atoms with E-state index in [-0.39, 0.29) is 0 Å². The monoisotopic (exact) mass is 252 g/mol. The van der Waals surface area contributed by atoms with Gasteiger partial charge in [0.05, 0.1) is 5.69 Å². The van der Waals surface area contributed by atoms with Crippen LogP contribution in [0.4, 0.5) is 5.69 Å². The van der Waals surface area contributed by atoms with Crippen LogP contribution < -0.4 is 5.73 Å².